The average Bonchev–Trinajstić information content (AvgIpc) is 3.27. The number of anilines is 1. The van der Waals surface area contributed by atoms with Crippen LogP contribution in [0, 0.1) is 12.7 Å². The number of nitrogens with zero attached hydrogens (tertiary/aromatic N) is 3. The Morgan fingerprint density at radius 2 is 1.67 bits per heavy atom. The van der Waals surface area contributed by atoms with Gasteiger partial charge in [0, 0.05) is 18.5 Å². The van der Waals surface area contributed by atoms with E-state index >= 15 is 0 Å². The molecule has 0 spiro atoms. The molecular formula is C22H19FN4O3. The van der Waals surface area contributed by atoms with Crippen LogP contribution in [-0.2, 0) is 16.1 Å². The van der Waals surface area contributed by atoms with Gasteiger partial charge < -0.3 is 5.32 Å². The van der Waals surface area contributed by atoms with Gasteiger partial charge in [0.15, 0.2) is 0 Å². The van der Waals surface area contributed by atoms with Crippen LogP contribution >= 0.6 is 0 Å². The lowest BCUT2D eigenvalue weighted by Gasteiger charge is -2.14. The Kier molecular flexibility index (Phi) is 5.14. The number of aromatic nitrogens is 2. The maximum atomic E-state index is 13.1. The van der Waals surface area contributed by atoms with Crippen molar-refractivity contribution in [3.63, 3.8) is 0 Å². The summed E-state index contributed by atoms with van der Waals surface area (Å²) in [6, 6.07) is 12.8. The van der Waals surface area contributed by atoms with Crippen molar-refractivity contribution < 1.29 is 18.8 Å². The summed E-state index contributed by atoms with van der Waals surface area (Å²) < 4.78 is 14.7. The van der Waals surface area contributed by atoms with E-state index in [0.717, 1.165) is 5.56 Å². The summed E-state index contributed by atoms with van der Waals surface area (Å²) in [7, 11) is 0. The first kappa shape index (κ1) is 19.5. The maximum Gasteiger partial charge on any atom is 0.259 e. The van der Waals surface area contributed by atoms with Gasteiger partial charge in [0.25, 0.3) is 5.91 Å². The molecule has 0 radical (unpaired) electrons. The topological polar surface area (TPSA) is 84.3 Å². The van der Waals surface area contributed by atoms with E-state index in [1.165, 1.54) is 23.2 Å². The van der Waals surface area contributed by atoms with Crippen LogP contribution in [0.3, 0.4) is 0 Å². The van der Waals surface area contributed by atoms with E-state index in [-0.39, 0.29) is 42.9 Å². The number of imide groups is 1. The summed E-state index contributed by atoms with van der Waals surface area (Å²) in [6.45, 7) is 1.99. The Balaban J connectivity index is 1.45. The van der Waals surface area contributed by atoms with E-state index in [9.17, 15) is 18.8 Å². The molecule has 7 nitrogen and oxygen atoms in total. The summed E-state index contributed by atoms with van der Waals surface area (Å²) in [6.07, 6.45) is 1.99. The van der Waals surface area contributed by atoms with Gasteiger partial charge in [-0.2, -0.15) is 5.10 Å². The number of likely N-dealkylation sites (tertiary alicyclic amines) is 1. The van der Waals surface area contributed by atoms with E-state index in [1.807, 2.05) is 0 Å². The number of carbonyl (C=O) groups is 3. The first-order chi connectivity index (χ1) is 14.4. The minimum absolute atomic E-state index is 0.161. The number of amides is 3. The second-order valence-corrected chi connectivity index (χ2v) is 7.06. The third-order valence-corrected chi connectivity index (χ3v) is 5.03. The van der Waals surface area contributed by atoms with E-state index in [1.54, 1.807) is 48.0 Å². The molecule has 0 atom stereocenters. The van der Waals surface area contributed by atoms with E-state index in [2.05, 4.69) is 10.4 Å². The van der Waals surface area contributed by atoms with Crippen LogP contribution in [0.4, 0.5) is 10.1 Å². The number of halogens is 1. The van der Waals surface area contributed by atoms with Gasteiger partial charge >= 0.3 is 0 Å². The largest absolute Gasteiger partial charge is 0.322 e. The molecule has 4 rings (SSSR count). The lowest BCUT2D eigenvalue weighted by molar-refractivity contribution is -0.139. The summed E-state index contributed by atoms with van der Waals surface area (Å²) in [4.78, 5) is 37.4. The van der Waals surface area contributed by atoms with E-state index in [4.69, 9.17) is 0 Å². The van der Waals surface area contributed by atoms with Crippen LogP contribution in [0.25, 0.3) is 5.69 Å². The van der Waals surface area contributed by atoms with Crippen LogP contribution in [-0.4, -0.2) is 32.4 Å². The molecule has 0 bridgehead atoms. The standard InChI is InChI=1S/C22H19FN4O3/c1-14-19(12-24-27(14)18-8-4-16(23)5-9-18)22(30)25-17-6-2-15(3-7-17)13-26-20(28)10-11-21(26)29/h2-9,12H,10-11,13H2,1H3,(H,25,30). The normalized spacial score (nSPS) is 13.7. The smallest absolute Gasteiger partial charge is 0.259 e. The van der Waals surface area contributed by atoms with Crippen LogP contribution in [0.1, 0.15) is 34.5 Å². The highest BCUT2D eigenvalue weighted by atomic mass is 19.1. The molecule has 2 aromatic carbocycles. The van der Waals surface area contributed by atoms with Crippen LogP contribution in [0.5, 0.6) is 0 Å². The quantitative estimate of drug-likeness (QED) is 0.660. The Bertz CT molecular complexity index is 1100. The molecule has 3 aromatic rings. The molecular weight excluding hydrogens is 387 g/mol. The number of carbonyl (C=O) groups excluding carboxylic acids is 3. The molecule has 0 unspecified atom stereocenters. The van der Waals surface area contributed by atoms with Gasteiger partial charge in [-0.05, 0) is 48.9 Å². The predicted octanol–water partition coefficient (Wildman–Crippen LogP) is 3.22. The molecule has 3 amide bonds. The zero-order valence-corrected chi connectivity index (χ0v) is 16.3. The van der Waals surface area contributed by atoms with Crippen molar-refractivity contribution in [3.8, 4) is 5.69 Å². The Hall–Kier alpha value is -3.81. The van der Waals surface area contributed by atoms with Crippen LogP contribution in [0.2, 0.25) is 0 Å². The summed E-state index contributed by atoms with van der Waals surface area (Å²) >= 11 is 0. The fourth-order valence-electron chi connectivity index (χ4n) is 3.35. The third kappa shape index (κ3) is 3.84. The van der Waals surface area contributed by atoms with Gasteiger partial charge in [0.2, 0.25) is 11.8 Å². The number of rotatable bonds is 5. The molecule has 1 aromatic heterocycles. The first-order valence-electron chi connectivity index (χ1n) is 9.46. The Morgan fingerprint density at radius 3 is 2.30 bits per heavy atom. The summed E-state index contributed by atoms with van der Waals surface area (Å²) in [5, 5.41) is 7.04. The monoisotopic (exact) mass is 406 g/mol. The van der Waals surface area contributed by atoms with Crippen LogP contribution in [0.15, 0.2) is 54.7 Å². The minimum Gasteiger partial charge on any atom is -0.322 e. The SMILES string of the molecule is Cc1c(C(=O)Nc2ccc(CN3C(=O)CCC3=O)cc2)cnn1-c1ccc(F)cc1. The molecule has 1 aliphatic rings. The van der Waals surface area contributed by atoms with Gasteiger partial charge in [-0.1, -0.05) is 12.1 Å². The molecule has 1 saturated heterocycles. The van der Waals surface area contributed by atoms with Gasteiger partial charge in [-0.15, -0.1) is 0 Å². The molecule has 152 valence electrons. The predicted molar refractivity (Wildman–Crippen MR) is 107 cm³/mol. The molecule has 1 N–H and O–H groups in total. The Labute approximate surface area is 172 Å². The van der Waals surface area contributed by atoms with Crippen molar-refractivity contribution >= 4 is 23.4 Å². The van der Waals surface area contributed by atoms with Gasteiger partial charge in [-0.3, -0.25) is 19.3 Å². The van der Waals surface area contributed by atoms with Crippen molar-refractivity contribution in [3.05, 3.63) is 77.4 Å². The van der Waals surface area contributed by atoms with Crippen molar-refractivity contribution in [1.29, 1.82) is 0 Å². The number of hydrogen-bond donors (Lipinski definition) is 1. The van der Waals surface area contributed by atoms with Gasteiger partial charge in [0.05, 0.1) is 29.7 Å². The highest BCUT2D eigenvalue weighted by Gasteiger charge is 2.28. The lowest BCUT2D eigenvalue weighted by atomic mass is 10.2. The number of hydrogen-bond acceptors (Lipinski definition) is 4. The average molecular weight is 406 g/mol. The van der Waals surface area contributed by atoms with Crippen molar-refractivity contribution in [2.75, 3.05) is 5.32 Å². The Morgan fingerprint density at radius 1 is 1.03 bits per heavy atom. The second-order valence-electron chi connectivity index (χ2n) is 7.06. The van der Waals surface area contributed by atoms with E-state index < -0.39 is 0 Å². The molecule has 2 heterocycles. The molecule has 0 aliphatic carbocycles. The summed E-state index contributed by atoms with van der Waals surface area (Å²) in [5.41, 5.74) is 3.07. The zero-order valence-electron chi connectivity index (χ0n) is 16.3. The van der Waals surface area contributed by atoms with Crippen molar-refractivity contribution in [1.82, 2.24) is 14.7 Å². The number of nitrogens with one attached hydrogen (secondary N) is 1. The highest BCUT2D eigenvalue weighted by Crippen LogP contribution is 2.19. The fourth-order valence-corrected chi connectivity index (χ4v) is 3.35. The molecule has 30 heavy (non-hydrogen) atoms. The maximum absolute atomic E-state index is 13.1. The second kappa shape index (κ2) is 7.90. The van der Waals surface area contributed by atoms with Gasteiger partial charge in [0.1, 0.15) is 5.82 Å². The molecule has 8 heteroatoms. The zero-order chi connectivity index (χ0) is 21.3. The molecule has 1 fully saturated rings. The minimum atomic E-state index is -0.344. The fraction of sp³-hybridized carbons (Fsp3) is 0.182. The van der Waals surface area contributed by atoms with Crippen LogP contribution < -0.4 is 5.32 Å². The van der Waals surface area contributed by atoms with E-state index in [0.29, 0.717) is 22.6 Å². The number of benzene rings is 2. The van der Waals surface area contributed by atoms with Gasteiger partial charge in [-0.25, -0.2) is 9.07 Å². The molecule has 1 aliphatic heterocycles. The lowest BCUT2D eigenvalue weighted by Crippen LogP contribution is -2.28. The van der Waals surface area contributed by atoms with Crippen molar-refractivity contribution in [2.45, 2.75) is 26.3 Å². The third-order valence-electron chi connectivity index (χ3n) is 5.03. The first-order valence-corrected chi connectivity index (χ1v) is 9.46. The highest BCUT2D eigenvalue weighted by molar-refractivity contribution is 6.05. The summed E-state index contributed by atoms with van der Waals surface area (Å²) in [5.74, 6) is -0.987. The molecule has 0 saturated carbocycles. The van der Waals surface area contributed by atoms with Crippen molar-refractivity contribution in [2.24, 2.45) is 0 Å².